The number of benzene rings is 1. The van der Waals surface area contributed by atoms with E-state index in [-0.39, 0.29) is 11.3 Å². The Kier molecular flexibility index (Phi) is 4.13. The topological polar surface area (TPSA) is 59.3 Å². The molecule has 0 amide bonds. The zero-order valence-electron chi connectivity index (χ0n) is 10.5. The highest BCUT2D eigenvalue weighted by Gasteiger charge is 2.09. The lowest BCUT2D eigenvalue weighted by atomic mass is 10.1. The van der Waals surface area contributed by atoms with Crippen LogP contribution < -0.4 is 5.56 Å². The lowest BCUT2D eigenvalue weighted by Gasteiger charge is -2.09. The number of carbonyl (C=O) groups is 1. The molecule has 0 aliphatic heterocycles. The zero-order chi connectivity index (χ0) is 13.7. The number of aryl methyl sites for hydroxylation is 1. The van der Waals surface area contributed by atoms with Gasteiger partial charge in [0, 0.05) is 12.6 Å². The summed E-state index contributed by atoms with van der Waals surface area (Å²) in [4.78, 5) is 22.7. The highest BCUT2D eigenvalue weighted by Crippen LogP contribution is 2.05. The molecule has 2 rings (SSSR count). The van der Waals surface area contributed by atoms with E-state index in [4.69, 9.17) is 5.11 Å². The highest BCUT2D eigenvalue weighted by atomic mass is 16.4. The second-order valence-corrected chi connectivity index (χ2v) is 4.30. The van der Waals surface area contributed by atoms with Gasteiger partial charge in [0.1, 0.15) is 5.69 Å². The van der Waals surface area contributed by atoms with E-state index in [1.165, 1.54) is 28.3 Å². The van der Waals surface area contributed by atoms with Crippen LogP contribution in [0.5, 0.6) is 0 Å². The molecule has 1 aromatic heterocycles. The van der Waals surface area contributed by atoms with Gasteiger partial charge in [0.15, 0.2) is 0 Å². The van der Waals surface area contributed by atoms with Gasteiger partial charge in [0.05, 0.1) is 0 Å². The normalized spacial score (nSPS) is 10.3. The van der Waals surface area contributed by atoms with Crippen molar-refractivity contribution in [2.75, 3.05) is 0 Å². The minimum atomic E-state index is -1.07. The number of carboxylic acid groups (broad SMARTS) is 1. The first-order chi connectivity index (χ1) is 9.18. The second kappa shape index (κ2) is 6.00. The predicted molar refractivity (Wildman–Crippen MR) is 72.4 cm³/mol. The maximum Gasteiger partial charge on any atom is 0.352 e. The number of aromatic nitrogens is 1. The van der Waals surface area contributed by atoms with Crippen LogP contribution in [0.25, 0.3) is 0 Å². The third-order valence-corrected chi connectivity index (χ3v) is 2.96. The Morgan fingerprint density at radius 1 is 1.05 bits per heavy atom. The molecule has 0 saturated heterocycles. The first kappa shape index (κ1) is 13.1. The number of rotatable bonds is 5. The number of nitrogens with zero attached hydrogens (tertiary/aromatic N) is 1. The third kappa shape index (κ3) is 3.31. The van der Waals surface area contributed by atoms with E-state index in [1.54, 1.807) is 0 Å². The van der Waals surface area contributed by atoms with Gasteiger partial charge in [-0.3, -0.25) is 4.79 Å². The van der Waals surface area contributed by atoms with Crippen LogP contribution in [0.15, 0.2) is 53.3 Å². The van der Waals surface area contributed by atoms with Crippen molar-refractivity contribution in [2.24, 2.45) is 0 Å². The summed E-state index contributed by atoms with van der Waals surface area (Å²) in [6.07, 6.45) is 1.55. The van der Waals surface area contributed by atoms with Gasteiger partial charge in [0.25, 0.3) is 5.56 Å². The van der Waals surface area contributed by atoms with Crippen molar-refractivity contribution in [1.29, 1.82) is 0 Å². The third-order valence-electron chi connectivity index (χ3n) is 2.96. The number of hydrogen-bond donors (Lipinski definition) is 1. The largest absolute Gasteiger partial charge is 0.477 e. The van der Waals surface area contributed by atoms with Gasteiger partial charge in [-0.05, 0) is 24.5 Å². The van der Waals surface area contributed by atoms with Crippen LogP contribution in [0.3, 0.4) is 0 Å². The summed E-state index contributed by atoms with van der Waals surface area (Å²) < 4.78 is 1.31. The molecule has 0 aliphatic carbocycles. The average molecular weight is 257 g/mol. The van der Waals surface area contributed by atoms with Gasteiger partial charge in [0.2, 0.25) is 0 Å². The Labute approximate surface area is 110 Å². The van der Waals surface area contributed by atoms with Gasteiger partial charge in [-0.25, -0.2) is 4.79 Å². The van der Waals surface area contributed by atoms with Gasteiger partial charge < -0.3 is 9.67 Å². The van der Waals surface area contributed by atoms with Crippen LogP contribution in [0.4, 0.5) is 0 Å². The van der Waals surface area contributed by atoms with Gasteiger partial charge in [-0.1, -0.05) is 36.4 Å². The summed E-state index contributed by atoms with van der Waals surface area (Å²) in [6.45, 7) is 0.413. The standard InChI is InChI=1S/C15H15NO3/c17-14-10-4-9-13(15(18)19)16(14)11-5-8-12-6-2-1-3-7-12/h1-4,6-7,9-10H,5,8,11H2,(H,18,19). The van der Waals surface area contributed by atoms with Crippen LogP contribution >= 0.6 is 0 Å². The van der Waals surface area contributed by atoms with Gasteiger partial charge >= 0.3 is 5.97 Å². The summed E-state index contributed by atoms with van der Waals surface area (Å²) >= 11 is 0. The summed E-state index contributed by atoms with van der Waals surface area (Å²) in [5.41, 5.74) is 0.955. The number of hydrogen-bond acceptors (Lipinski definition) is 2. The molecule has 2 aromatic rings. The van der Waals surface area contributed by atoms with Crippen LogP contribution in [0, 0.1) is 0 Å². The quantitative estimate of drug-likeness (QED) is 0.893. The molecule has 19 heavy (non-hydrogen) atoms. The van der Waals surface area contributed by atoms with Crippen molar-refractivity contribution in [1.82, 2.24) is 4.57 Å². The average Bonchev–Trinajstić information content (AvgIpc) is 2.41. The van der Waals surface area contributed by atoms with Crippen LogP contribution in [-0.4, -0.2) is 15.6 Å². The second-order valence-electron chi connectivity index (χ2n) is 4.30. The molecule has 0 unspecified atom stereocenters. The molecule has 1 aromatic carbocycles. The van der Waals surface area contributed by atoms with E-state index in [2.05, 4.69) is 0 Å². The molecule has 1 N–H and O–H groups in total. The summed E-state index contributed by atoms with van der Waals surface area (Å²) in [5.74, 6) is -1.07. The Hall–Kier alpha value is -2.36. The van der Waals surface area contributed by atoms with E-state index < -0.39 is 5.97 Å². The Balaban J connectivity index is 2.08. The molecule has 0 saturated carbocycles. The molecular weight excluding hydrogens is 242 g/mol. The molecule has 0 radical (unpaired) electrons. The van der Waals surface area contributed by atoms with Crippen molar-refractivity contribution < 1.29 is 9.90 Å². The molecule has 0 fully saturated rings. The van der Waals surface area contributed by atoms with Crippen LogP contribution in [-0.2, 0) is 13.0 Å². The van der Waals surface area contributed by atoms with Gasteiger partial charge in [-0.15, -0.1) is 0 Å². The Bertz CT molecular complexity index is 617. The first-order valence-electron chi connectivity index (χ1n) is 6.15. The lowest BCUT2D eigenvalue weighted by Crippen LogP contribution is -2.25. The smallest absolute Gasteiger partial charge is 0.352 e. The lowest BCUT2D eigenvalue weighted by molar-refractivity contribution is 0.0683. The van der Waals surface area contributed by atoms with Crippen molar-refractivity contribution in [3.05, 3.63) is 70.1 Å². The Morgan fingerprint density at radius 3 is 2.47 bits per heavy atom. The number of aromatic carboxylic acids is 1. The van der Waals surface area contributed by atoms with Crippen molar-refractivity contribution >= 4 is 5.97 Å². The van der Waals surface area contributed by atoms with Crippen molar-refractivity contribution in [2.45, 2.75) is 19.4 Å². The van der Waals surface area contributed by atoms with Crippen LogP contribution in [0.1, 0.15) is 22.5 Å². The molecule has 4 nitrogen and oxygen atoms in total. The van der Waals surface area contributed by atoms with E-state index in [0.29, 0.717) is 6.54 Å². The molecule has 0 bridgehead atoms. The summed E-state index contributed by atoms with van der Waals surface area (Å²) in [6, 6.07) is 14.2. The van der Waals surface area contributed by atoms with Crippen molar-refractivity contribution in [3.63, 3.8) is 0 Å². The van der Waals surface area contributed by atoms with Crippen molar-refractivity contribution in [3.8, 4) is 0 Å². The first-order valence-corrected chi connectivity index (χ1v) is 6.15. The minimum Gasteiger partial charge on any atom is -0.477 e. The van der Waals surface area contributed by atoms with Crippen LogP contribution in [0.2, 0.25) is 0 Å². The van der Waals surface area contributed by atoms with E-state index in [9.17, 15) is 9.59 Å². The zero-order valence-corrected chi connectivity index (χ0v) is 10.5. The molecule has 0 spiro atoms. The van der Waals surface area contributed by atoms with E-state index in [1.807, 2.05) is 30.3 Å². The number of carboxylic acids is 1. The maximum absolute atomic E-state index is 11.7. The maximum atomic E-state index is 11.7. The summed E-state index contributed by atoms with van der Waals surface area (Å²) in [5, 5.41) is 9.05. The molecule has 0 aliphatic rings. The monoisotopic (exact) mass is 257 g/mol. The highest BCUT2D eigenvalue weighted by molar-refractivity contribution is 5.85. The predicted octanol–water partition coefficient (Wildman–Crippen LogP) is 2.18. The molecule has 4 heteroatoms. The number of pyridine rings is 1. The summed E-state index contributed by atoms with van der Waals surface area (Å²) in [7, 11) is 0. The Morgan fingerprint density at radius 2 is 1.79 bits per heavy atom. The van der Waals surface area contributed by atoms with E-state index in [0.717, 1.165) is 12.8 Å². The SMILES string of the molecule is O=C(O)c1cccc(=O)n1CCCc1ccccc1. The van der Waals surface area contributed by atoms with E-state index >= 15 is 0 Å². The molecule has 1 heterocycles. The fourth-order valence-electron chi connectivity index (χ4n) is 2.02. The molecule has 98 valence electrons. The minimum absolute atomic E-state index is 0.0422. The van der Waals surface area contributed by atoms with Gasteiger partial charge in [-0.2, -0.15) is 0 Å². The fraction of sp³-hybridized carbons (Fsp3) is 0.200. The fourth-order valence-corrected chi connectivity index (χ4v) is 2.02. The molecule has 0 atom stereocenters. The molecular formula is C15H15NO3.